The predicted octanol–water partition coefficient (Wildman–Crippen LogP) is 4.98. The lowest BCUT2D eigenvalue weighted by atomic mass is 10.2. The van der Waals surface area contributed by atoms with Gasteiger partial charge >= 0.3 is 5.97 Å². The van der Waals surface area contributed by atoms with Gasteiger partial charge < -0.3 is 19.0 Å². The topological polar surface area (TPSA) is 86.4 Å². The van der Waals surface area contributed by atoms with Gasteiger partial charge in [0.2, 0.25) is 0 Å². The van der Waals surface area contributed by atoms with E-state index in [0.717, 1.165) is 0 Å². The molecular weight excluding hydrogens is 437 g/mol. The van der Waals surface area contributed by atoms with Gasteiger partial charge in [-0.1, -0.05) is 35.0 Å². The van der Waals surface area contributed by atoms with Crippen LogP contribution in [0, 0.1) is 0 Å². The van der Waals surface area contributed by atoms with Crippen LogP contribution in [-0.4, -0.2) is 34.3 Å². The van der Waals surface area contributed by atoms with E-state index < -0.39 is 11.9 Å². The van der Waals surface area contributed by atoms with Crippen LogP contribution in [0.2, 0.25) is 10.0 Å². The molecule has 0 aliphatic heterocycles. The minimum atomic E-state index is -0.601. The number of nitrogens with one attached hydrogen (secondary N) is 1. The number of nitrogens with zero attached hydrogens (tertiary/aromatic N) is 2. The summed E-state index contributed by atoms with van der Waals surface area (Å²) in [6.07, 6.45) is 3.36. The Hall–Kier alpha value is -2.42. The minimum Gasteiger partial charge on any atom is -0.467 e. The van der Waals surface area contributed by atoms with E-state index in [1.165, 1.54) is 30.0 Å². The molecule has 0 aliphatic rings. The molecule has 0 fully saturated rings. The molecule has 0 saturated heterocycles. The highest BCUT2D eigenvalue weighted by atomic mass is 35.5. The number of hydrogen-bond acceptors (Lipinski definition) is 6. The molecule has 1 N–H and O–H groups in total. The largest absolute Gasteiger partial charge is 0.467 e. The van der Waals surface area contributed by atoms with Gasteiger partial charge in [-0.25, -0.2) is 9.78 Å². The number of carbonyl (C=O) groups excluding carboxylic acids is 2. The molecule has 1 amide bonds. The Labute approximate surface area is 181 Å². The average Bonchev–Trinajstić information content (AvgIpc) is 3.32. The monoisotopic (exact) mass is 453 g/mol. The first kappa shape index (κ1) is 21.3. The van der Waals surface area contributed by atoms with Gasteiger partial charge in [-0.3, -0.25) is 4.79 Å². The number of hydrogen-bond donors (Lipinski definition) is 1. The number of thioether (sulfide) groups is 1. The molecule has 7 nitrogen and oxygen atoms in total. The van der Waals surface area contributed by atoms with E-state index >= 15 is 0 Å². The van der Waals surface area contributed by atoms with Crippen LogP contribution < -0.4 is 5.32 Å². The molecule has 10 heteroatoms. The van der Waals surface area contributed by atoms with Crippen LogP contribution in [0.15, 0.2) is 46.2 Å². The Morgan fingerprint density at radius 2 is 2.07 bits per heavy atom. The summed E-state index contributed by atoms with van der Waals surface area (Å²) >= 11 is 13.2. The number of rotatable bonds is 7. The normalized spacial score (nSPS) is 10.8. The lowest BCUT2D eigenvalue weighted by Crippen LogP contribution is -2.18. The van der Waals surface area contributed by atoms with Gasteiger partial charge in [-0.2, -0.15) is 0 Å². The molecule has 0 unspecified atom stereocenters. The molecule has 0 bridgehead atoms. The number of esters is 1. The van der Waals surface area contributed by atoms with E-state index in [-0.39, 0.29) is 35.2 Å². The standard InChI is InChI=1S/C19H17Cl2N3O4S/c1-3-27-18(26)15-16(22-17(25)11-6-7-13(20)14(21)9-11)23-19(29-2)24(15)10-12-5-4-8-28-12/h4-9H,3,10H2,1-2H3,(H,22,25). The summed E-state index contributed by atoms with van der Waals surface area (Å²) < 4.78 is 12.2. The number of ether oxygens (including phenoxy) is 1. The molecule has 0 saturated carbocycles. The fourth-order valence-electron chi connectivity index (χ4n) is 2.60. The van der Waals surface area contributed by atoms with Crippen molar-refractivity contribution in [2.24, 2.45) is 0 Å². The van der Waals surface area contributed by atoms with Gasteiger partial charge in [0, 0.05) is 5.56 Å². The predicted molar refractivity (Wildman–Crippen MR) is 112 cm³/mol. The van der Waals surface area contributed by atoms with Crippen LogP contribution in [0.4, 0.5) is 5.82 Å². The molecule has 29 heavy (non-hydrogen) atoms. The van der Waals surface area contributed by atoms with Crippen LogP contribution in [0.25, 0.3) is 0 Å². The quantitative estimate of drug-likeness (QED) is 0.400. The van der Waals surface area contributed by atoms with Gasteiger partial charge in [0.15, 0.2) is 16.7 Å². The Bertz CT molecular complexity index is 1030. The summed E-state index contributed by atoms with van der Waals surface area (Å²) in [4.78, 5) is 29.8. The zero-order valence-corrected chi connectivity index (χ0v) is 17.9. The summed E-state index contributed by atoms with van der Waals surface area (Å²) in [6, 6.07) is 8.03. The summed E-state index contributed by atoms with van der Waals surface area (Å²) in [5.41, 5.74) is 0.404. The molecule has 0 spiro atoms. The molecular formula is C19H17Cl2N3O4S. The summed E-state index contributed by atoms with van der Waals surface area (Å²) in [7, 11) is 0. The van der Waals surface area contributed by atoms with Crippen LogP contribution in [-0.2, 0) is 11.3 Å². The van der Waals surface area contributed by atoms with E-state index in [1.54, 1.807) is 29.9 Å². The highest BCUT2D eigenvalue weighted by molar-refractivity contribution is 7.98. The summed E-state index contributed by atoms with van der Waals surface area (Å²) in [5, 5.41) is 3.78. The maximum atomic E-state index is 12.7. The van der Waals surface area contributed by atoms with Crippen molar-refractivity contribution < 1.29 is 18.7 Å². The number of furan rings is 1. The third-order valence-electron chi connectivity index (χ3n) is 3.89. The van der Waals surface area contributed by atoms with Crippen molar-refractivity contribution in [1.29, 1.82) is 0 Å². The Morgan fingerprint density at radius 3 is 2.69 bits per heavy atom. The lowest BCUT2D eigenvalue weighted by molar-refractivity contribution is 0.0514. The minimum absolute atomic E-state index is 0.0930. The van der Waals surface area contributed by atoms with Crippen molar-refractivity contribution in [2.75, 3.05) is 18.2 Å². The fourth-order valence-corrected chi connectivity index (χ4v) is 3.46. The molecule has 3 rings (SSSR count). The zero-order chi connectivity index (χ0) is 21.0. The highest BCUT2D eigenvalue weighted by Crippen LogP contribution is 2.27. The first-order chi connectivity index (χ1) is 13.9. The zero-order valence-electron chi connectivity index (χ0n) is 15.6. The van der Waals surface area contributed by atoms with Gasteiger partial charge in [-0.05, 0) is 43.5 Å². The second kappa shape index (κ2) is 9.39. The maximum absolute atomic E-state index is 12.7. The van der Waals surface area contributed by atoms with Gasteiger partial charge in [-0.15, -0.1) is 0 Å². The molecule has 1 aromatic carbocycles. The third-order valence-corrected chi connectivity index (χ3v) is 5.31. The number of anilines is 1. The van der Waals surface area contributed by atoms with E-state index in [4.69, 9.17) is 32.4 Å². The number of imidazole rings is 1. The fraction of sp³-hybridized carbons (Fsp3) is 0.211. The molecule has 3 aromatic rings. The number of amides is 1. The van der Waals surface area contributed by atoms with Gasteiger partial charge in [0.05, 0.1) is 29.5 Å². The summed E-state index contributed by atoms with van der Waals surface area (Å²) in [6.45, 7) is 2.14. The van der Waals surface area contributed by atoms with Crippen LogP contribution >= 0.6 is 35.0 Å². The number of carbonyl (C=O) groups is 2. The van der Waals surface area contributed by atoms with Crippen molar-refractivity contribution in [3.05, 3.63) is 63.7 Å². The van der Waals surface area contributed by atoms with Gasteiger partial charge in [0.1, 0.15) is 5.76 Å². The van der Waals surface area contributed by atoms with Gasteiger partial charge in [0.25, 0.3) is 5.91 Å². The van der Waals surface area contributed by atoms with E-state index in [9.17, 15) is 9.59 Å². The SMILES string of the molecule is CCOC(=O)c1c(NC(=O)c2ccc(Cl)c(Cl)c2)nc(SC)n1Cc1ccco1. The van der Waals surface area contributed by atoms with E-state index in [1.807, 2.05) is 6.26 Å². The molecule has 2 aromatic heterocycles. The highest BCUT2D eigenvalue weighted by Gasteiger charge is 2.26. The lowest BCUT2D eigenvalue weighted by Gasteiger charge is -2.10. The number of aromatic nitrogens is 2. The van der Waals surface area contributed by atoms with Crippen LogP contribution in [0.1, 0.15) is 33.5 Å². The summed E-state index contributed by atoms with van der Waals surface area (Å²) in [5.74, 6) is -0.359. The third kappa shape index (κ3) is 4.77. The van der Waals surface area contributed by atoms with Crippen molar-refractivity contribution >= 4 is 52.7 Å². The van der Waals surface area contributed by atoms with E-state index in [2.05, 4.69) is 10.3 Å². The first-order valence-corrected chi connectivity index (χ1v) is 10.5. The van der Waals surface area contributed by atoms with Crippen molar-refractivity contribution in [3.8, 4) is 0 Å². The van der Waals surface area contributed by atoms with Crippen molar-refractivity contribution in [3.63, 3.8) is 0 Å². The molecule has 0 aliphatic carbocycles. The molecule has 2 heterocycles. The smallest absolute Gasteiger partial charge is 0.358 e. The van der Waals surface area contributed by atoms with Crippen molar-refractivity contribution in [2.45, 2.75) is 18.6 Å². The average molecular weight is 454 g/mol. The number of benzene rings is 1. The van der Waals surface area contributed by atoms with Crippen molar-refractivity contribution in [1.82, 2.24) is 9.55 Å². The molecule has 152 valence electrons. The number of halogens is 2. The Kier molecular flexibility index (Phi) is 6.89. The maximum Gasteiger partial charge on any atom is 0.358 e. The van der Waals surface area contributed by atoms with Crippen LogP contribution in [0.3, 0.4) is 0 Å². The molecule has 0 radical (unpaired) electrons. The van der Waals surface area contributed by atoms with Crippen LogP contribution in [0.5, 0.6) is 0 Å². The second-order valence-corrected chi connectivity index (χ2v) is 7.35. The van der Waals surface area contributed by atoms with E-state index in [0.29, 0.717) is 15.9 Å². The Morgan fingerprint density at radius 1 is 1.28 bits per heavy atom. The first-order valence-electron chi connectivity index (χ1n) is 8.55. The Balaban J connectivity index is 2.00. The molecule has 0 atom stereocenters. The second-order valence-electron chi connectivity index (χ2n) is 5.76.